The van der Waals surface area contributed by atoms with E-state index in [-0.39, 0.29) is 0 Å². The number of rotatable bonds is 2. The molecule has 0 saturated heterocycles. The average molecular weight is 275 g/mol. The average Bonchev–Trinajstić information content (AvgIpc) is 2.45. The largest absolute Gasteiger partial charge is 0.357 e. The molecule has 1 aromatic carbocycles. The van der Waals surface area contributed by atoms with Crippen LogP contribution in [0.5, 0.6) is 0 Å². The first kappa shape index (κ1) is 14.6. The summed E-state index contributed by atoms with van der Waals surface area (Å²) < 4.78 is 0. The lowest BCUT2D eigenvalue weighted by molar-refractivity contribution is 0.538. The Kier molecular flexibility index (Phi) is 3.96. The maximum Gasteiger partial charge on any atom is 0.0978 e. The summed E-state index contributed by atoms with van der Waals surface area (Å²) in [7, 11) is 0. The fourth-order valence-electron chi connectivity index (χ4n) is 2.55. The zero-order valence-corrected chi connectivity index (χ0v) is 12.4. The molecule has 3 heteroatoms. The van der Waals surface area contributed by atoms with Gasteiger partial charge in [0.15, 0.2) is 0 Å². The zero-order chi connectivity index (χ0) is 15.5. The molecule has 104 valence electrons. The lowest BCUT2D eigenvalue weighted by Gasteiger charge is -2.32. The zero-order valence-electron chi connectivity index (χ0n) is 12.4. The normalized spacial score (nSPS) is 17.4. The van der Waals surface area contributed by atoms with Gasteiger partial charge in [-0.05, 0) is 18.6 Å². The number of benzene rings is 1. The Morgan fingerprint density at radius 1 is 1.00 bits per heavy atom. The van der Waals surface area contributed by atoms with E-state index in [1.807, 2.05) is 63.3 Å². The van der Waals surface area contributed by atoms with Gasteiger partial charge in [-0.25, -0.2) is 0 Å². The van der Waals surface area contributed by atoms with Crippen LogP contribution in [0.4, 0.5) is 0 Å². The Labute approximate surface area is 125 Å². The molecule has 0 spiro atoms. The standard InChI is InChI=1S/C18H17N3/c1-13-15(11-19)18(2,3)16(12-20)17(21-13)10-9-14-7-5-4-6-8-14/h4-10,21H,1-3H3/b10-9+. The van der Waals surface area contributed by atoms with Crippen molar-refractivity contribution < 1.29 is 0 Å². The Hall–Kier alpha value is -2.78. The van der Waals surface area contributed by atoms with E-state index >= 15 is 0 Å². The van der Waals surface area contributed by atoms with E-state index < -0.39 is 5.41 Å². The van der Waals surface area contributed by atoms with Crippen LogP contribution in [0.1, 0.15) is 26.3 Å². The van der Waals surface area contributed by atoms with Crippen molar-refractivity contribution in [2.75, 3.05) is 0 Å². The summed E-state index contributed by atoms with van der Waals surface area (Å²) in [5.74, 6) is 0. The smallest absolute Gasteiger partial charge is 0.0978 e. The summed E-state index contributed by atoms with van der Waals surface area (Å²) in [6.07, 6.45) is 3.85. The molecule has 1 heterocycles. The van der Waals surface area contributed by atoms with Crippen LogP contribution in [0.3, 0.4) is 0 Å². The monoisotopic (exact) mass is 275 g/mol. The number of dihydropyridines is 1. The van der Waals surface area contributed by atoms with Crippen LogP contribution in [0.25, 0.3) is 6.08 Å². The number of allylic oxidation sites excluding steroid dienone is 4. The van der Waals surface area contributed by atoms with E-state index in [0.29, 0.717) is 11.1 Å². The Balaban J connectivity index is 2.44. The molecule has 0 unspecified atom stereocenters. The van der Waals surface area contributed by atoms with E-state index in [2.05, 4.69) is 17.5 Å². The van der Waals surface area contributed by atoms with Gasteiger partial charge in [-0.3, -0.25) is 0 Å². The summed E-state index contributed by atoms with van der Waals surface area (Å²) in [5, 5.41) is 22.0. The number of nitrogens with zero attached hydrogens (tertiary/aromatic N) is 2. The first-order chi connectivity index (χ1) is 10.0. The molecule has 1 aliphatic heterocycles. The molecule has 0 bridgehead atoms. The van der Waals surface area contributed by atoms with Crippen molar-refractivity contribution in [3.8, 4) is 12.1 Å². The molecule has 0 aromatic heterocycles. The minimum atomic E-state index is -0.574. The Bertz CT molecular complexity index is 720. The third-order valence-corrected chi connectivity index (χ3v) is 3.68. The van der Waals surface area contributed by atoms with E-state index in [9.17, 15) is 10.5 Å². The predicted octanol–water partition coefficient (Wildman–Crippen LogP) is 3.90. The molecule has 3 nitrogen and oxygen atoms in total. The van der Waals surface area contributed by atoms with Crippen molar-refractivity contribution in [1.82, 2.24) is 5.32 Å². The van der Waals surface area contributed by atoms with Gasteiger partial charge >= 0.3 is 0 Å². The maximum atomic E-state index is 9.48. The summed E-state index contributed by atoms with van der Waals surface area (Å²) >= 11 is 0. The number of nitrogens with one attached hydrogen (secondary N) is 1. The molecule has 0 amide bonds. The van der Waals surface area contributed by atoms with Crippen molar-refractivity contribution in [3.05, 3.63) is 64.5 Å². The highest BCUT2D eigenvalue weighted by Crippen LogP contribution is 2.40. The second-order valence-corrected chi connectivity index (χ2v) is 5.51. The van der Waals surface area contributed by atoms with Crippen molar-refractivity contribution >= 4 is 6.08 Å². The summed E-state index contributed by atoms with van der Waals surface area (Å²) in [6, 6.07) is 14.4. The Morgan fingerprint density at radius 3 is 2.19 bits per heavy atom. The minimum absolute atomic E-state index is 0.574. The van der Waals surface area contributed by atoms with Crippen molar-refractivity contribution in [3.63, 3.8) is 0 Å². The van der Waals surface area contributed by atoms with Crippen molar-refractivity contribution in [2.24, 2.45) is 5.41 Å². The van der Waals surface area contributed by atoms with Crippen LogP contribution in [-0.2, 0) is 0 Å². The van der Waals surface area contributed by atoms with Gasteiger partial charge in [-0.15, -0.1) is 0 Å². The molecule has 1 N–H and O–H groups in total. The second kappa shape index (κ2) is 5.69. The molecule has 21 heavy (non-hydrogen) atoms. The minimum Gasteiger partial charge on any atom is -0.357 e. The van der Waals surface area contributed by atoms with Crippen LogP contribution in [0, 0.1) is 28.1 Å². The fourth-order valence-corrected chi connectivity index (χ4v) is 2.55. The molecular weight excluding hydrogens is 258 g/mol. The van der Waals surface area contributed by atoms with Crippen LogP contribution < -0.4 is 5.32 Å². The van der Waals surface area contributed by atoms with E-state index in [0.717, 1.165) is 17.0 Å². The van der Waals surface area contributed by atoms with Gasteiger partial charge in [-0.2, -0.15) is 10.5 Å². The Morgan fingerprint density at radius 2 is 1.62 bits per heavy atom. The van der Waals surface area contributed by atoms with Gasteiger partial charge in [0.25, 0.3) is 0 Å². The van der Waals surface area contributed by atoms with Crippen molar-refractivity contribution in [1.29, 1.82) is 10.5 Å². The topological polar surface area (TPSA) is 59.6 Å². The van der Waals surface area contributed by atoms with Gasteiger partial charge in [0.2, 0.25) is 0 Å². The number of hydrogen-bond acceptors (Lipinski definition) is 3. The number of nitriles is 2. The van der Waals surface area contributed by atoms with Crippen LogP contribution in [0.2, 0.25) is 0 Å². The summed E-state index contributed by atoms with van der Waals surface area (Å²) in [5.41, 5.74) is 3.23. The molecule has 0 fully saturated rings. The third-order valence-electron chi connectivity index (χ3n) is 3.68. The highest BCUT2D eigenvalue weighted by molar-refractivity contribution is 5.59. The lowest BCUT2D eigenvalue weighted by atomic mass is 9.74. The molecule has 0 aliphatic carbocycles. The molecule has 0 atom stereocenters. The predicted molar refractivity (Wildman–Crippen MR) is 83.3 cm³/mol. The first-order valence-corrected chi connectivity index (χ1v) is 6.77. The van der Waals surface area contributed by atoms with Crippen molar-refractivity contribution in [2.45, 2.75) is 20.8 Å². The second-order valence-electron chi connectivity index (χ2n) is 5.51. The summed E-state index contributed by atoms with van der Waals surface area (Å²) in [4.78, 5) is 0. The van der Waals surface area contributed by atoms with Gasteiger partial charge in [0.05, 0.1) is 29.0 Å². The quantitative estimate of drug-likeness (QED) is 0.890. The molecular formula is C18H17N3. The molecule has 1 aromatic rings. The molecule has 2 rings (SSSR count). The molecule has 0 radical (unpaired) electrons. The maximum absolute atomic E-state index is 9.48. The summed E-state index contributed by atoms with van der Waals surface area (Å²) in [6.45, 7) is 5.68. The highest BCUT2D eigenvalue weighted by atomic mass is 14.9. The van der Waals surface area contributed by atoms with Crippen LogP contribution >= 0.6 is 0 Å². The highest BCUT2D eigenvalue weighted by Gasteiger charge is 2.35. The SMILES string of the molecule is CC1=C(C#N)C(C)(C)C(C#N)=C(/C=C/c2ccccc2)N1. The van der Waals surface area contributed by atoms with Gasteiger partial charge in [0.1, 0.15) is 0 Å². The molecule has 1 aliphatic rings. The van der Waals surface area contributed by atoms with Gasteiger partial charge < -0.3 is 5.32 Å². The van der Waals surface area contributed by atoms with E-state index in [1.54, 1.807) is 0 Å². The third kappa shape index (κ3) is 2.73. The van der Waals surface area contributed by atoms with Gasteiger partial charge in [-0.1, -0.05) is 50.3 Å². The van der Waals surface area contributed by atoms with Crippen LogP contribution in [-0.4, -0.2) is 0 Å². The number of hydrogen-bond donors (Lipinski definition) is 1. The molecule has 0 saturated carbocycles. The van der Waals surface area contributed by atoms with E-state index in [4.69, 9.17) is 0 Å². The fraction of sp³-hybridized carbons (Fsp3) is 0.222. The van der Waals surface area contributed by atoms with E-state index in [1.165, 1.54) is 0 Å². The first-order valence-electron chi connectivity index (χ1n) is 6.77. The van der Waals surface area contributed by atoms with Gasteiger partial charge in [0, 0.05) is 11.1 Å². The van der Waals surface area contributed by atoms with Crippen LogP contribution in [0.15, 0.2) is 58.9 Å². The lowest BCUT2D eigenvalue weighted by Crippen LogP contribution is -2.30.